The van der Waals surface area contributed by atoms with Gasteiger partial charge in [0.15, 0.2) is 0 Å². The Morgan fingerprint density at radius 2 is 1.95 bits per heavy atom. The number of para-hydroxylation sites is 1. The molecule has 2 heterocycles. The fraction of sp³-hybridized carbons (Fsp3) is 0.368. The first-order valence-electron chi connectivity index (χ1n) is 7.67. The lowest BCUT2D eigenvalue weighted by molar-refractivity contribution is 0.135. The highest BCUT2D eigenvalue weighted by Crippen LogP contribution is 2.51. The minimum atomic E-state index is 0.102. The average Bonchev–Trinajstić information content (AvgIpc) is 2.48. The van der Waals surface area contributed by atoms with Crippen LogP contribution >= 0.6 is 0 Å². The number of nitrogens with one attached hydrogen (secondary N) is 1. The molecule has 4 rings (SSSR count). The van der Waals surface area contributed by atoms with Gasteiger partial charge >= 0.3 is 0 Å². The summed E-state index contributed by atoms with van der Waals surface area (Å²) in [6.07, 6.45) is 0. The molecule has 2 heteroatoms. The largest absolute Gasteiger partial charge is 0.493 e. The lowest BCUT2D eigenvalue weighted by Crippen LogP contribution is -2.46. The Morgan fingerprint density at radius 1 is 1.14 bits per heavy atom. The smallest absolute Gasteiger partial charge is 0.124 e. The Morgan fingerprint density at radius 3 is 2.81 bits per heavy atom. The van der Waals surface area contributed by atoms with Crippen molar-refractivity contribution in [3.8, 4) is 5.75 Å². The molecular weight excluding hydrogens is 258 g/mol. The number of rotatable bonds is 0. The van der Waals surface area contributed by atoms with Crippen LogP contribution in [0.4, 0.5) is 5.69 Å². The molecule has 2 aromatic rings. The summed E-state index contributed by atoms with van der Waals surface area (Å²) >= 11 is 0. The zero-order valence-electron chi connectivity index (χ0n) is 12.8. The summed E-state index contributed by atoms with van der Waals surface area (Å²) in [6.45, 7) is 7.63. The summed E-state index contributed by atoms with van der Waals surface area (Å²) in [4.78, 5) is 0. The molecule has 0 amide bonds. The monoisotopic (exact) mass is 279 g/mol. The summed E-state index contributed by atoms with van der Waals surface area (Å²) in [6, 6.07) is 15.5. The molecule has 0 bridgehead atoms. The molecule has 2 nitrogen and oxygen atoms in total. The van der Waals surface area contributed by atoms with Crippen molar-refractivity contribution in [2.75, 3.05) is 11.9 Å². The molecule has 0 saturated heterocycles. The third kappa shape index (κ3) is 1.78. The second-order valence-corrected chi connectivity index (χ2v) is 6.85. The van der Waals surface area contributed by atoms with Crippen LogP contribution in [0.2, 0.25) is 0 Å². The summed E-state index contributed by atoms with van der Waals surface area (Å²) in [5.74, 6) is 1.47. The van der Waals surface area contributed by atoms with E-state index < -0.39 is 0 Å². The standard InChI is InChI=1S/C19H21NO/c1-12-8-9-16-14(10-12)19(2,3)15-11-21-17-7-5-4-6-13(17)18(15)20-16/h4-10,15,18,20H,11H2,1-3H3/t15-,18-/m1/s1. The van der Waals surface area contributed by atoms with Gasteiger partial charge in [-0.3, -0.25) is 0 Å². The van der Waals surface area contributed by atoms with E-state index in [4.69, 9.17) is 4.74 Å². The van der Waals surface area contributed by atoms with Crippen LogP contribution in [-0.4, -0.2) is 6.61 Å². The Balaban J connectivity index is 1.88. The van der Waals surface area contributed by atoms with Crippen LogP contribution in [-0.2, 0) is 5.41 Å². The first kappa shape index (κ1) is 12.8. The highest BCUT2D eigenvalue weighted by Gasteiger charge is 2.46. The van der Waals surface area contributed by atoms with Crippen molar-refractivity contribution in [3.63, 3.8) is 0 Å². The molecule has 0 radical (unpaired) electrons. The molecule has 0 unspecified atom stereocenters. The lowest BCUT2D eigenvalue weighted by Gasteiger charge is -2.48. The van der Waals surface area contributed by atoms with Gasteiger partial charge in [0, 0.05) is 22.6 Å². The quantitative estimate of drug-likeness (QED) is 0.769. The Bertz CT molecular complexity index is 704. The van der Waals surface area contributed by atoms with Gasteiger partial charge in [-0.15, -0.1) is 0 Å². The number of fused-ring (bicyclic) bond motifs is 4. The Hall–Kier alpha value is -1.96. The van der Waals surface area contributed by atoms with E-state index in [9.17, 15) is 0 Å². The predicted octanol–water partition coefficient (Wildman–Crippen LogP) is 4.45. The van der Waals surface area contributed by atoms with Crippen LogP contribution in [0.1, 0.15) is 36.6 Å². The summed E-state index contributed by atoms with van der Waals surface area (Å²) < 4.78 is 6.03. The molecule has 0 saturated carbocycles. The van der Waals surface area contributed by atoms with Gasteiger partial charge in [0.1, 0.15) is 5.75 Å². The molecule has 0 aliphatic carbocycles. The van der Waals surface area contributed by atoms with Crippen LogP contribution in [0.3, 0.4) is 0 Å². The van der Waals surface area contributed by atoms with E-state index in [-0.39, 0.29) is 5.41 Å². The number of benzene rings is 2. The van der Waals surface area contributed by atoms with E-state index >= 15 is 0 Å². The SMILES string of the molecule is Cc1ccc2c(c1)C(C)(C)[C@@H]1COc3ccccc3[C@H]1N2. The topological polar surface area (TPSA) is 21.3 Å². The number of ether oxygens (including phenoxy) is 1. The van der Waals surface area contributed by atoms with Crippen molar-refractivity contribution < 1.29 is 4.74 Å². The highest BCUT2D eigenvalue weighted by molar-refractivity contribution is 5.61. The van der Waals surface area contributed by atoms with Gasteiger partial charge in [0.05, 0.1) is 12.6 Å². The minimum absolute atomic E-state index is 0.102. The maximum absolute atomic E-state index is 6.03. The van der Waals surface area contributed by atoms with Gasteiger partial charge in [0.2, 0.25) is 0 Å². The second kappa shape index (κ2) is 4.27. The van der Waals surface area contributed by atoms with E-state index in [1.807, 2.05) is 6.07 Å². The van der Waals surface area contributed by atoms with Crippen molar-refractivity contribution >= 4 is 5.69 Å². The second-order valence-electron chi connectivity index (χ2n) is 6.85. The molecule has 1 N–H and O–H groups in total. The third-order valence-corrected chi connectivity index (χ3v) is 5.18. The Kier molecular flexibility index (Phi) is 2.59. The minimum Gasteiger partial charge on any atom is -0.493 e. The molecular formula is C19H21NO. The van der Waals surface area contributed by atoms with E-state index in [1.54, 1.807) is 0 Å². The number of hydrogen-bond donors (Lipinski definition) is 1. The third-order valence-electron chi connectivity index (χ3n) is 5.18. The zero-order valence-corrected chi connectivity index (χ0v) is 12.8. The summed E-state index contributed by atoms with van der Waals surface area (Å²) in [5, 5.41) is 3.76. The molecule has 2 atom stereocenters. The molecule has 0 fully saturated rings. The highest BCUT2D eigenvalue weighted by atomic mass is 16.5. The fourth-order valence-corrected chi connectivity index (χ4v) is 3.85. The first-order chi connectivity index (χ1) is 10.1. The fourth-order valence-electron chi connectivity index (χ4n) is 3.85. The van der Waals surface area contributed by atoms with Crippen molar-refractivity contribution in [2.24, 2.45) is 5.92 Å². The van der Waals surface area contributed by atoms with E-state index in [0.717, 1.165) is 12.4 Å². The van der Waals surface area contributed by atoms with Crippen molar-refractivity contribution in [3.05, 3.63) is 59.2 Å². The van der Waals surface area contributed by atoms with Gasteiger partial charge in [-0.05, 0) is 24.6 Å². The van der Waals surface area contributed by atoms with E-state index in [0.29, 0.717) is 12.0 Å². The molecule has 21 heavy (non-hydrogen) atoms. The van der Waals surface area contributed by atoms with Gasteiger partial charge in [-0.2, -0.15) is 0 Å². The van der Waals surface area contributed by atoms with Crippen LogP contribution < -0.4 is 10.1 Å². The van der Waals surface area contributed by atoms with Gasteiger partial charge in [-0.25, -0.2) is 0 Å². The molecule has 108 valence electrons. The first-order valence-corrected chi connectivity index (χ1v) is 7.67. The maximum atomic E-state index is 6.03. The summed E-state index contributed by atoms with van der Waals surface area (Å²) in [5.41, 5.74) is 5.38. The van der Waals surface area contributed by atoms with Crippen LogP contribution in [0.25, 0.3) is 0 Å². The predicted molar refractivity (Wildman–Crippen MR) is 86.0 cm³/mol. The average molecular weight is 279 g/mol. The van der Waals surface area contributed by atoms with Gasteiger partial charge in [0.25, 0.3) is 0 Å². The molecule has 0 aromatic heterocycles. The van der Waals surface area contributed by atoms with Gasteiger partial charge < -0.3 is 10.1 Å². The van der Waals surface area contributed by atoms with Gasteiger partial charge in [-0.1, -0.05) is 49.7 Å². The normalized spacial score (nSPS) is 24.9. The van der Waals surface area contributed by atoms with Crippen LogP contribution in [0, 0.1) is 12.8 Å². The molecule has 2 aliphatic rings. The van der Waals surface area contributed by atoms with Crippen molar-refractivity contribution in [2.45, 2.75) is 32.2 Å². The molecule has 0 spiro atoms. The number of hydrogen-bond acceptors (Lipinski definition) is 2. The van der Waals surface area contributed by atoms with E-state index in [2.05, 4.69) is 62.5 Å². The maximum Gasteiger partial charge on any atom is 0.124 e. The molecule has 2 aromatic carbocycles. The molecule has 2 aliphatic heterocycles. The van der Waals surface area contributed by atoms with E-state index in [1.165, 1.54) is 22.4 Å². The number of anilines is 1. The van der Waals surface area contributed by atoms with Crippen molar-refractivity contribution in [1.29, 1.82) is 0 Å². The lowest BCUT2D eigenvalue weighted by atomic mass is 9.65. The number of aryl methyl sites for hydroxylation is 1. The summed E-state index contributed by atoms with van der Waals surface area (Å²) in [7, 11) is 0. The van der Waals surface area contributed by atoms with Crippen molar-refractivity contribution in [1.82, 2.24) is 0 Å². The van der Waals surface area contributed by atoms with Crippen LogP contribution in [0.5, 0.6) is 5.75 Å². The zero-order chi connectivity index (χ0) is 14.6. The van der Waals surface area contributed by atoms with Crippen LogP contribution in [0.15, 0.2) is 42.5 Å². The Labute approximate surface area is 126 Å².